The molecule has 124 valence electrons. The van der Waals surface area contributed by atoms with Crippen molar-refractivity contribution in [3.8, 4) is 0 Å². The van der Waals surface area contributed by atoms with Crippen molar-refractivity contribution in [2.75, 3.05) is 13.6 Å². The first-order chi connectivity index (χ1) is 10.5. The number of nitrogens with zero attached hydrogens (tertiary/aromatic N) is 1. The molecule has 0 radical (unpaired) electrons. The SMILES string of the molecule is C[C@@H]1C[C@@H]1C(=O)NC1CCC(CN(C)C(=O)[C@@H]2C[C@@H]2C)CC1. The quantitative estimate of drug-likeness (QED) is 0.848. The van der Waals surface area contributed by atoms with Gasteiger partial charge in [-0.05, 0) is 56.3 Å². The molecule has 0 aliphatic heterocycles. The first kappa shape index (κ1) is 15.8. The molecule has 0 heterocycles. The molecule has 22 heavy (non-hydrogen) atoms. The third-order valence-electron chi connectivity index (χ3n) is 5.97. The smallest absolute Gasteiger partial charge is 0.225 e. The van der Waals surface area contributed by atoms with Gasteiger partial charge in [0, 0.05) is 31.5 Å². The topological polar surface area (TPSA) is 49.4 Å². The molecule has 0 aromatic carbocycles. The predicted molar refractivity (Wildman–Crippen MR) is 86.1 cm³/mol. The molecule has 3 saturated carbocycles. The second-order valence-corrected chi connectivity index (χ2v) is 8.08. The first-order valence-electron chi connectivity index (χ1n) is 9.01. The van der Waals surface area contributed by atoms with Gasteiger partial charge in [-0.1, -0.05) is 13.8 Å². The molecule has 0 saturated heterocycles. The van der Waals surface area contributed by atoms with Crippen LogP contribution in [-0.2, 0) is 9.59 Å². The van der Waals surface area contributed by atoms with Crippen LogP contribution in [0.4, 0.5) is 0 Å². The number of carbonyl (C=O) groups excluding carboxylic acids is 2. The molecule has 0 aromatic heterocycles. The number of amides is 2. The van der Waals surface area contributed by atoms with E-state index in [2.05, 4.69) is 19.2 Å². The van der Waals surface area contributed by atoms with Crippen molar-refractivity contribution in [1.29, 1.82) is 0 Å². The van der Waals surface area contributed by atoms with Crippen molar-refractivity contribution in [1.82, 2.24) is 10.2 Å². The van der Waals surface area contributed by atoms with E-state index in [1.807, 2.05) is 11.9 Å². The highest BCUT2D eigenvalue weighted by Crippen LogP contribution is 2.40. The van der Waals surface area contributed by atoms with E-state index in [0.29, 0.717) is 35.6 Å². The summed E-state index contributed by atoms with van der Waals surface area (Å²) in [6, 6.07) is 0.362. The van der Waals surface area contributed by atoms with Crippen molar-refractivity contribution < 1.29 is 9.59 Å². The Labute approximate surface area is 134 Å². The highest BCUT2D eigenvalue weighted by atomic mass is 16.2. The van der Waals surface area contributed by atoms with E-state index in [1.165, 1.54) is 0 Å². The van der Waals surface area contributed by atoms with Gasteiger partial charge in [-0.3, -0.25) is 9.59 Å². The fraction of sp³-hybridized carbons (Fsp3) is 0.889. The van der Waals surface area contributed by atoms with E-state index in [4.69, 9.17) is 0 Å². The van der Waals surface area contributed by atoms with Crippen LogP contribution in [0, 0.1) is 29.6 Å². The molecule has 1 N–H and O–H groups in total. The van der Waals surface area contributed by atoms with Gasteiger partial charge < -0.3 is 10.2 Å². The summed E-state index contributed by atoms with van der Waals surface area (Å²) in [5.74, 6) is 2.96. The lowest BCUT2D eigenvalue weighted by atomic mass is 9.85. The Kier molecular flexibility index (Phi) is 4.47. The third kappa shape index (κ3) is 3.64. The largest absolute Gasteiger partial charge is 0.353 e. The summed E-state index contributed by atoms with van der Waals surface area (Å²) in [5.41, 5.74) is 0. The first-order valence-corrected chi connectivity index (χ1v) is 9.01. The summed E-state index contributed by atoms with van der Waals surface area (Å²) in [7, 11) is 1.95. The van der Waals surface area contributed by atoms with Gasteiger partial charge in [-0.2, -0.15) is 0 Å². The lowest BCUT2D eigenvalue weighted by molar-refractivity contribution is -0.132. The minimum Gasteiger partial charge on any atom is -0.353 e. The van der Waals surface area contributed by atoms with Crippen LogP contribution >= 0.6 is 0 Å². The molecule has 0 unspecified atom stereocenters. The van der Waals surface area contributed by atoms with Crippen molar-refractivity contribution >= 4 is 11.8 Å². The average molecular weight is 306 g/mol. The number of rotatable bonds is 5. The maximum absolute atomic E-state index is 12.2. The van der Waals surface area contributed by atoms with Crippen molar-refractivity contribution in [2.45, 2.75) is 58.4 Å². The standard InChI is InChI=1S/C18H30N2O2/c1-11-8-15(11)17(21)19-14-6-4-13(5-7-14)10-20(3)18(22)16-9-12(16)2/h11-16H,4-10H2,1-3H3,(H,19,21)/t11-,12+,13?,14?,15+,16-/m1/s1. The van der Waals surface area contributed by atoms with E-state index in [1.54, 1.807) is 0 Å². The molecular formula is C18H30N2O2. The second-order valence-electron chi connectivity index (χ2n) is 8.08. The molecule has 3 aliphatic carbocycles. The molecule has 3 fully saturated rings. The Morgan fingerprint density at radius 3 is 2.05 bits per heavy atom. The normalized spacial score (nSPS) is 40.0. The number of carbonyl (C=O) groups is 2. The van der Waals surface area contributed by atoms with Gasteiger partial charge in [-0.15, -0.1) is 0 Å². The molecule has 4 nitrogen and oxygen atoms in total. The molecule has 4 atom stereocenters. The minimum absolute atomic E-state index is 0.269. The molecule has 3 aliphatic rings. The summed E-state index contributed by atoms with van der Waals surface area (Å²) in [6.45, 7) is 5.20. The molecule has 0 bridgehead atoms. The third-order valence-corrected chi connectivity index (χ3v) is 5.97. The van der Waals surface area contributed by atoms with Crippen LogP contribution in [0.2, 0.25) is 0 Å². The fourth-order valence-corrected chi connectivity index (χ4v) is 3.91. The van der Waals surface area contributed by atoms with E-state index < -0.39 is 0 Å². The van der Waals surface area contributed by atoms with E-state index in [-0.39, 0.29) is 11.8 Å². The summed E-state index contributed by atoms with van der Waals surface area (Å²) in [5, 5.41) is 3.22. The van der Waals surface area contributed by atoms with E-state index in [9.17, 15) is 9.59 Å². The molecular weight excluding hydrogens is 276 g/mol. The minimum atomic E-state index is 0.269. The number of hydrogen-bond donors (Lipinski definition) is 1. The van der Waals surface area contributed by atoms with Crippen LogP contribution in [0.5, 0.6) is 0 Å². The highest BCUT2D eigenvalue weighted by molar-refractivity contribution is 5.82. The Balaban J connectivity index is 1.36. The molecule has 2 amide bonds. The van der Waals surface area contributed by atoms with E-state index in [0.717, 1.165) is 45.1 Å². The van der Waals surface area contributed by atoms with Gasteiger partial charge in [0.05, 0.1) is 0 Å². The summed E-state index contributed by atoms with van der Waals surface area (Å²) in [6.07, 6.45) is 6.53. The zero-order chi connectivity index (χ0) is 15.9. The maximum Gasteiger partial charge on any atom is 0.225 e. The Bertz CT molecular complexity index is 442. The van der Waals surface area contributed by atoms with Gasteiger partial charge in [0.25, 0.3) is 0 Å². The Hall–Kier alpha value is -1.06. The zero-order valence-electron chi connectivity index (χ0n) is 14.2. The highest BCUT2D eigenvalue weighted by Gasteiger charge is 2.41. The molecule has 0 aromatic rings. The predicted octanol–water partition coefficient (Wildman–Crippen LogP) is 2.43. The fourth-order valence-electron chi connectivity index (χ4n) is 3.91. The summed E-state index contributed by atoms with van der Waals surface area (Å²) >= 11 is 0. The van der Waals surface area contributed by atoms with Gasteiger partial charge >= 0.3 is 0 Å². The average Bonchev–Trinajstić information content (AvgIpc) is 3.38. The van der Waals surface area contributed by atoms with Crippen molar-refractivity contribution in [2.24, 2.45) is 29.6 Å². The molecule has 0 spiro atoms. The molecule has 3 rings (SSSR count). The zero-order valence-corrected chi connectivity index (χ0v) is 14.2. The van der Waals surface area contributed by atoms with Crippen LogP contribution in [0.1, 0.15) is 52.4 Å². The summed E-state index contributed by atoms with van der Waals surface area (Å²) in [4.78, 5) is 26.1. The number of nitrogens with one attached hydrogen (secondary N) is 1. The van der Waals surface area contributed by atoms with Gasteiger partial charge in [0.2, 0.25) is 11.8 Å². The van der Waals surface area contributed by atoms with Crippen LogP contribution in [0.15, 0.2) is 0 Å². The molecule has 4 heteroatoms. The van der Waals surface area contributed by atoms with E-state index >= 15 is 0 Å². The summed E-state index contributed by atoms with van der Waals surface area (Å²) < 4.78 is 0. The monoisotopic (exact) mass is 306 g/mol. The lowest BCUT2D eigenvalue weighted by Crippen LogP contribution is -2.41. The Morgan fingerprint density at radius 1 is 1.00 bits per heavy atom. The maximum atomic E-state index is 12.2. The lowest BCUT2D eigenvalue weighted by Gasteiger charge is -2.32. The van der Waals surface area contributed by atoms with Gasteiger partial charge in [0.1, 0.15) is 0 Å². The second kappa shape index (κ2) is 6.21. The van der Waals surface area contributed by atoms with Crippen LogP contribution in [0.25, 0.3) is 0 Å². The van der Waals surface area contributed by atoms with Crippen molar-refractivity contribution in [3.63, 3.8) is 0 Å². The van der Waals surface area contributed by atoms with Gasteiger partial charge in [0.15, 0.2) is 0 Å². The number of hydrogen-bond acceptors (Lipinski definition) is 2. The van der Waals surface area contributed by atoms with Crippen LogP contribution < -0.4 is 5.32 Å². The van der Waals surface area contributed by atoms with Gasteiger partial charge in [-0.25, -0.2) is 0 Å². The van der Waals surface area contributed by atoms with Crippen LogP contribution in [0.3, 0.4) is 0 Å². The van der Waals surface area contributed by atoms with Crippen molar-refractivity contribution in [3.05, 3.63) is 0 Å². The Morgan fingerprint density at radius 2 is 1.55 bits per heavy atom. The van der Waals surface area contributed by atoms with Crippen LogP contribution in [-0.4, -0.2) is 36.3 Å².